The summed E-state index contributed by atoms with van der Waals surface area (Å²) in [5, 5.41) is 12.4. The van der Waals surface area contributed by atoms with Gasteiger partial charge in [-0.3, -0.25) is 24.6 Å². The zero-order valence-electron chi connectivity index (χ0n) is 20.1. The highest BCUT2D eigenvalue weighted by molar-refractivity contribution is 5.89. The third kappa shape index (κ3) is 5.03. The predicted octanol–water partition coefficient (Wildman–Crippen LogP) is 2.11. The van der Waals surface area contributed by atoms with E-state index in [4.69, 9.17) is 0 Å². The van der Waals surface area contributed by atoms with Gasteiger partial charge in [0.05, 0.1) is 17.9 Å². The molecule has 0 atom stereocenters. The molecule has 0 saturated carbocycles. The van der Waals surface area contributed by atoms with Crippen LogP contribution in [0.1, 0.15) is 5.56 Å². The number of fused-ring (bicyclic) bond motifs is 1. The lowest BCUT2D eigenvalue weighted by molar-refractivity contribution is -0.384. The molecule has 2 saturated heterocycles. The van der Waals surface area contributed by atoms with Gasteiger partial charge in [0, 0.05) is 75.5 Å². The van der Waals surface area contributed by atoms with E-state index in [1.54, 1.807) is 18.2 Å². The van der Waals surface area contributed by atoms with E-state index in [1.807, 2.05) is 45.2 Å². The molecule has 1 aromatic heterocycles. The number of aromatic amines is 1. The summed E-state index contributed by atoms with van der Waals surface area (Å²) in [5.41, 5.74) is 2.73. The molecule has 3 aromatic rings. The van der Waals surface area contributed by atoms with E-state index in [0.717, 1.165) is 16.5 Å². The van der Waals surface area contributed by atoms with Crippen molar-refractivity contribution in [1.29, 1.82) is 0 Å². The highest BCUT2D eigenvalue weighted by Gasteiger charge is 2.28. The van der Waals surface area contributed by atoms with Crippen molar-refractivity contribution in [1.82, 2.24) is 19.7 Å². The topological polar surface area (TPSA) is 106 Å². The van der Waals surface area contributed by atoms with Crippen molar-refractivity contribution in [3.8, 4) is 0 Å². The average Bonchev–Trinajstić information content (AvgIpc) is 3.32. The number of amides is 2. The third-order valence-electron chi connectivity index (χ3n) is 7.15. The second-order valence-electron chi connectivity index (χ2n) is 9.31. The zero-order valence-corrected chi connectivity index (χ0v) is 20.1. The molecule has 10 heteroatoms. The molecule has 0 unspecified atom stereocenters. The van der Waals surface area contributed by atoms with Crippen molar-refractivity contribution < 1.29 is 14.5 Å². The van der Waals surface area contributed by atoms with Crippen LogP contribution >= 0.6 is 0 Å². The maximum atomic E-state index is 12.9. The van der Waals surface area contributed by atoms with E-state index < -0.39 is 0 Å². The van der Waals surface area contributed by atoms with E-state index in [1.165, 1.54) is 6.07 Å². The third-order valence-corrected chi connectivity index (χ3v) is 7.15. The van der Waals surface area contributed by atoms with E-state index in [2.05, 4.69) is 9.88 Å². The van der Waals surface area contributed by atoms with Crippen LogP contribution in [0.5, 0.6) is 0 Å². The standard InChI is InChI=1S/C26H30N6O4/c33-25(17-20-18-27-22-6-2-1-5-21(20)22)30-11-9-28(10-12-30)19-26(34)31-15-13-29(14-16-31)23-7-3-4-8-24(23)32(35)36/h1-8,18,27H,9-17,19H2. The van der Waals surface area contributed by atoms with Crippen molar-refractivity contribution in [2.24, 2.45) is 0 Å². The van der Waals surface area contributed by atoms with Gasteiger partial charge < -0.3 is 19.7 Å². The number of rotatable bonds is 6. The number of carbonyl (C=O) groups is 2. The van der Waals surface area contributed by atoms with Gasteiger partial charge in [-0.05, 0) is 17.7 Å². The molecule has 0 bridgehead atoms. The lowest BCUT2D eigenvalue weighted by Gasteiger charge is -2.38. The Balaban J connectivity index is 1.08. The molecule has 0 spiro atoms. The van der Waals surface area contributed by atoms with Crippen LogP contribution in [-0.4, -0.2) is 95.3 Å². The molecule has 0 aliphatic carbocycles. The highest BCUT2D eigenvalue weighted by atomic mass is 16.6. The number of hydrogen-bond acceptors (Lipinski definition) is 6. The van der Waals surface area contributed by atoms with Crippen LogP contribution in [-0.2, 0) is 16.0 Å². The van der Waals surface area contributed by atoms with Gasteiger partial charge in [0.2, 0.25) is 11.8 Å². The number of anilines is 1. The molecule has 3 heterocycles. The SMILES string of the molecule is O=C(Cc1c[nH]c2ccccc12)N1CCN(CC(=O)N2CCN(c3ccccc3[N+](=O)[O-])CC2)CC1. The highest BCUT2D eigenvalue weighted by Crippen LogP contribution is 2.28. The van der Waals surface area contributed by atoms with E-state index in [0.29, 0.717) is 71.0 Å². The van der Waals surface area contributed by atoms with Crippen LogP contribution in [0.2, 0.25) is 0 Å². The summed E-state index contributed by atoms with van der Waals surface area (Å²) in [6, 6.07) is 14.7. The Hall–Kier alpha value is -3.92. The Labute approximate surface area is 209 Å². The maximum Gasteiger partial charge on any atom is 0.292 e. The lowest BCUT2D eigenvalue weighted by atomic mass is 10.1. The van der Waals surface area contributed by atoms with Crippen molar-refractivity contribution in [2.45, 2.75) is 6.42 Å². The van der Waals surface area contributed by atoms with E-state index in [-0.39, 0.29) is 22.4 Å². The first-order valence-corrected chi connectivity index (χ1v) is 12.3. The van der Waals surface area contributed by atoms with Crippen molar-refractivity contribution in [3.05, 3.63) is 70.4 Å². The van der Waals surface area contributed by atoms with Gasteiger partial charge in [-0.1, -0.05) is 30.3 Å². The summed E-state index contributed by atoms with van der Waals surface area (Å²) >= 11 is 0. The first-order valence-electron chi connectivity index (χ1n) is 12.3. The molecule has 0 radical (unpaired) electrons. The summed E-state index contributed by atoms with van der Waals surface area (Å²) in [6.45, 7) is 5.08. The molecule has 2 aliphatic heterocycles. The Morgan fingerprint density at radius 3 is 2.22 bits per heavy atom. The smallest absolute Gasteiger partial charge is 0.292 e. The molecule has 1 N–H and O–H groups in total. The molecular formula is C26H30N6O4. The van der Waals surface area contributed by atoms with Gasteiger partial charge >= 0.3 is 0 Å². The summed E-state index contributed by atoms with van der Waals surface area (Å²) in [6.07, 6.45) is 2.28. The number of nitro benzene ring substituents is 1. The summed E-state index contributed by atoms with van der Waals surface area (Å²) in [7, 11) is 0. The van der Waals surface area contributed by atoms with Crippen LogP contribution in [0.15, 0.2) is 54.7 Å². The number of carbonyl (C=O) groups excluding carboxylic acids is 2. The zero-order chi connectivity index (χ0) is 25.1. The van der Waals surface area contributed by atoms with Gasteiger partial charge in [0.15, 0.2) is 0 Å². The van der Waals surface area contributed by atoms with Gasteiger partial charge in [-0.25, -0.2) is 0 Å². The number of nitro groups is 1. The Bertz CT molecular complexity index is 1260. The van der Waals surface area contributed by atoms with E-state index in [9.17, 15) is 19.7 Å². The molecule has 2 aromatic carbocycles. The Morgan fingerprint density at radius 2 is 1.47 bits per heavy atom. The van der Waals surface area contributed by atoms with Crippen LogP contribution < -0.4 is 4.90 Å². The van der Waals surface area contributed by atoms with Crippen molar-refractivity contribution >= 4 is 34.1 Å². The second-order valence-corrected chi connectivity index (χ2v) is 9.31. The fraction of sp³-hybridized carbons (Fsp3) is 0.385. The Morgan fingerprint density at radius 1 is 0.833 bits per heavy atom. The molecule has 188 valence electrons. The lowest BCUT2D eigenvalue weighted by Crippen LogP contribution is -2.54. The number of nitrogens with one attached hydrogen (secondary N) is 1. The molecule has 5 rings (SSSR count). The molecule has 10 nitrogen and oxygen atoms in total. The molecular weight excluding hydrogens is 460 g/mol. The number of para-hydroxylation sites is 3. The first-order chi connectivity index (χ1) is 17.5. The van der Waals surface area contributed by atoms with Crippen molar-refractivity contribution in [2.75, 3.05) is 63.8 Å². The number of piperazine rings is 2. The summed E-state index contributed by atoms with van der Waals surface area (Å²) < 4.78 is 0. The maximum absolute atomic E-state index is 12.9. The summed E-state index contributed by atoms with van der Waals surface area (Å²) in [4.78, 5) is 47.8. The predicted molar refractivity (Wildman–Crippen MR) is 137 cm³/mol. The first kappa shape index (κ1) is 23.8. The number of H-pyrrole nitrogens is 1. The Kier molecular flexibility index (Phi) is 6.86. The molecule has 2 amide bonds. The average molecular weight is 491 g/mol. The molecule has 2 aliphatic rings. The van der Waals surface area contributed by atoms with Gasteiger partial charge in [0.1, 0.15) is 5.69 Å². The fourth-order valence-electron chi connectivity index (χ4n) is 5.08. The van der Waals surface area contributed by atoms with Crippen LogP contribution in [0, 0.1) is 10.1 Å². The minimum absolute atomic E-state index is 0.0655. The molecule has 36 heavy (non-hydrogen) atoms. The van der Waals surface area contributed by atoms with Crippen LogP contribution in [0.4, 0.5) is 11.4 Å². The monoisotopic (exact) mass is 490 g/mol. The number of aromatic nitrogens is 1. The van der Waals surface area contributed by atoms with Crippen LogP contribution in [0.3, 0.4) is 0 Å². The normalized spacial score (nSPS) is 16.9. The van der Waals surface area contributed by atoms with Gasteiger partial charge in [-0.2, -0.15) is 0 Å². The minimum Gasteiger partial charge on any atom is -0.362 e. The summed E-state index contributed by atoms with van der Waals surface area (Å²) in [5.74, 6) is 0.174. The van der Waals surface area contributed by atoms with Gasteiger partial charge in [-0.15, -0.1) is 0 Å². The largest absolute Gasteiger partial charge is 0.362 e. The number of benzene rings is 2. The van der Waals surface area contributed by atoms with E-state index >= 15 is 0 Å². The number of nitrogens with zero attached hydrogens (tertiary/aromatic N) is 5. The van der Waals surface area contributed by atoms with Crippen LogP contribution in [0.25, 0.3) is 10.9 Å². The molecule has 2 fully saturated rings. The fourth-order valence-corrected chi connectivity index (χ4v) is 5.08. The second kappa shape index (κ2) is 10.4. The van der Waals surface area contributed by atoms with Gasteiger partial charge in [0.25, 0.3) is 5.69 Å². The van der Waals surface area contributed by atoms with Crippen molar-refractivity contribution in [3.63, 3.8) is 0 Å². The number of hydrogen-bond donors (Lipinski definition) is 1. The quantitative estimate of drug-likeness (QED) is 0.419. The minimum atomic E-state index is -0.363.